The Balaban J connectivity index is 2.12. The molecule has 1 aromatic carbocycles. The minimum absolute atomic E-state index is 0.234. The van der Waals surface area contributed by atoms with Crippen LogP contribution < -0.4 is 0 Å². The van der Waals surface area contributed by atoms with Gasteiger partial charge >= 0.3 is 0 Å². The predicted molar refractivity (Wildman–Crippen MR) is 85.1 cm³/mol. The highest BCUT2D eigenvalue weighted by molar-refractivity contribution is 5.62. The molecule has 0 atom stereocenters. The number of hydrogen-bond donors (Lipinski definition) is 0. The Morgan fingerprint density at radius 3 is 2.15 bits per heavy atom. The van der Waals surface area contributed by atoms with E-state index < -0.39 is 0 Å². The summed E-state index contributed by atoms with van der Waals surface area (Å²) in [6.07, 6.45) is 3.29. The zero-order valence-corrected chi connectivity index (χ0v) is 13.1. The van der Waals surface area contributed by atoms with E-state index in [1.54, 1.807) is 0 Å². The highest BCUT2D eigenvalue weighted by Gasteiger charge is 2.42. The highest BCUT2D eigenvalue weighted by Crippen LogP contribution is 2.49. The van der Waals surface area contributed by atoms with E-state index in [0.717, 1.165) is 5.69 Å². The Bertz CT molecular complexity index is 648. The number of hydrogen-bond acceptors (Lipinski definition) is 1. The summed E-state index contributed by atoms with van der Waals surface area (Å²) in [5.74, 6) is 0. The molecule has 1 nitrogen and oxygen atoms in total. The molecule has 1 heteroatoms. The lowest BCUT2D eigenvalue weighted by Crippen LogP contribution is -2.17. The SMILES string of the molecule is Cc1ccc(-c2cc3c(cn2)C(C)(C)CC3(C)C)cc1. The highest BCUT2D eigenvalue weighted by atomic mass is 14.7. The lowest BCUT2D eigenvalue weighted by atomic mass is 9.82. The molecule has 0 spiro atoms. The molecule has 0 N–H and O–H groups in total. The van der Waals surface area contributed by atoms with Gasteiger partial charge < -0.3 is 0 Å². The summed E-state index contributed by atoms with van der Waals surface area (Å²) < 4.78 is 0. The number of pyridine rings is 1. The standard InChI is InChI=1S/C19H23N/c1-13-6-8-14(9-7-13)17-10-15-16(11-20-17)19(4,5)12-18(15,2)3/h6-11H,12H2,1-5H3. The number of aryl methyl sites for hydroxylation is 1. The van der Waals surface area contributed by atoms with E-state index in [4.69, 9.17) is 4.98 Å². The van der Waals surface area contributed by atoms with Crippen LogP contribution in [0.15, 0.2) is 36.5 Å². The molecule has 104 valence electrons. The summed E-state index contributed by atoms with van der Waals surface area (Å²) in [5, 5.41) is 0. The quantitative estimate of drug-likeness (QED) is 0.706. The van der Waals surface area contributed by atoms with E-state index in [1.165, 1.54) is 28.7 Å². The van der Waals surface area contributed by atoms with E-state index >= 15 is 0 Å². The number of aromatic nitrogens is 1. The van der Waals surface area contributed by atoms with Crippen molar-refractivity contribution in [2.24, 2.45) is 0 Å². The molecule has 0 saturated carbocycles. The smallest absolute Gasteiger partial charge is 0.0705 e. The van der Waals surface area contributed by atoms with Crippen LogP contribution in [0, 0.1) is 6.92 Å². The van der Waals surface area contributed by atoms with Gasteiger partial charge in [-0.25, -0.2) is 0 Å². The zero-order chi connectivity index (χ0) is 14.5. The molecular weight excluding hydrogens is 242 g/mol. The number of rotatable bonds is 1. The summed E-state index contributed by atoms with van der Waals surface area (Å²) in [7, 11) is 0. The zero-order valence-electron chi connectivity index (χ0n) is 13.1. The Morgan fingerprint density at radius 2 is 1.50 bits per heavy atom. The molecule has 20 heavy (non-hydrogen) atoms. The fourth-order valence-corrected chi connectivity index (χ4v) is 3.73. The maximum absolute atomic E-state index is 4.71. The number of nitrogens with zero attached hydrogens (tertiary/aromatic N) is 1. The second kappa shape index (κ2) is 4.18. The van der Waals surface area contributed by atoms with Gasteiger partial charge in [0.25, 0.3) is 0 Å². The van der Waals surface area contributed by atoms with E-state index in [1.807, 2.05) is 0 Å². The topological polar surface area (TPSA) is 12.9 Å². The van der Waals surface area contributed by atoms with Crippen molar-refractivity contribution in [2.45, 2.75) is 51.9 Å². The van der Waals surface area contributed by atoms with Crippen LogP contribution in [-0.4, -0.2) is 4.98 Å². The van der Waals surface area contributed by atoms with Gasteiger partial charge in [0.05, 0.1) is 5.69 Å². The Hall–Kier alpha value is -1.63. The Morgan fingerprint density at radius 1 is 0.900 bits per heavy atom. The third-order valence-electron chi connectivity index (χ3n) is 4.59. The lowest BCUT2D eigenvalue weighted by Gasteiger charge is -2.22. The van der Waals surface area contributed by atoms with Crippen LogP contribution in [0.5, 0.6) is 0 Å². The van der Waals surface area contributed by atoms with Gasteiger partial charge in [0.15, 0.2) is 0 Å². The molecule has 0 fully saturated rings. The van der Waals surface area contributed by atoms with Gasteiger partial charge in [0, 0.05) is 11.8 Å². The average molecular weight is 265 g/mol. The fraction of sp³-hybridized carbons (Fsp3) is 0.421. The fourth-order valence-electron chi connectivity index (χ4n) is 3.73. The predicted octanol–water partition coefficient (Wildman–Crippen LogP) is 5.02. The van der Waals surface area contributed by atoms with E-state index in [9.17, 15) is 0 Å². The van der Waals surface area contributed by atoms with Gasteiger partial charge in [-0.1, -0.05) is 57.5 Å². The molecule has 0 unspecified atom stereocenters. The number of fused-ring (bicyclic) bond motifs is 1. The molecular formula is C19H23N. The van der Waals surface area contributed by atoms with Gasteiger partial charge in [-0.2, -0.15) is 0 Å². The lowest BCUT2D eigenvalue weighted by molar-refractivity contribution is 0.403. The molecule has 0 radical (unpaired) electrons. The van der Waals surface area contributed by atoms with Crippen molar-refractivity contribution in [1.82, 2.24) is 4.98 Å². The summed E-state index contributed by atoms with van der Waals surface area (Å²) in [5.41, 5.74) is 6.94. The second-order valence-electron chi connectivity index (χ2n) is 7.43. The molecule has 0 aliphatic heterocycles. The van der Waals surface area contributed by atoms with Crippen molar-refractivity contribution >= 4 is 0 Å². The van der Waals surface area contributed by atoms with Crippen LogP contribution in [0.1, 0.15) is 50.8 Å². The summed E-state index contributed by atoms with van der Waals surface area (Å²) in [4.78, 5) is 4.71. The van der Waals surface area contributed by atoms with Crippen LogP contribution in [0.4, 0.5) is 0 Å². The maximum atomic E-state index is 4.71. The molecule has 0 saturated heterocycles. The minimum atomic E-state index is 0.234. The molecule has 0 bridgehead atoms. The third kappa shape index (κ3) is 2.06. The van der Waals surface area contributed by atoms with Crippen molar-refractivity contribution < 1.29 is 0 Å². The van der Waals surface area contributed by atoms with Crippen molar-refractivity contribution in [3.05, 3.63) is 53.2 Å². The first-order valence-electron chi connectivity index (χ1n) is 7.38. The molecule has 3 rings (SSSR count). The number of benzene rings is 1. The van der Waals surface area contributed by atoms with Crippen LogP contribution >= 0.6 is 0 Å². The normalized spacial score (nSPS) is 18.9. The van der Waals surface area contributed by atoms with Gasteiger partial charge in [-0.15, -0.1) is 0 Å². The van der Waals surface area contributed by atoms with Crippen molar-refractivity contribution in [3.63, 3.8) is 0 Å². The van der Waals surface area contributed by atoms with Crippen LogP contribution in [-0.2, 0) is 10.8 Å². The van der Waals surface area contributed by atoms with Gasteiger partial charge in [-0.3, -0.25) is 4.98 Å². The van der Waals surface area contributed by atoms with Gasteiger partial charge in [-0.05, 0) is 41.4 Å². The second-order valence-corrected chi connectivity index (χ2v) is 7.43. The van der Waals surface area contributed by atoms with E-state index in [0.29, 0.717) is 0 Å². The van der Waals surface area contributed by atoms with Crippen LogP contribution in [0.25, 0.3) is 11.3 Å². The van der Waals surface area contributed by atoms with Crippen molar-refractivity contribution in [3.8, 4) is 11.3 Å². The molecule has 2 aromatic rings. The first kappa shape index (κ1) is 13.4. The average Bonchev–Trinajstić information content (AvgIpc) is 2.56. The van der Waals surface area contributed by atoms with Crippen LogP contribution in [0.3, 0.4) is 0 Å². The maximum Gasteiger partial charge on any atom is 0.0705 e. The Kier molecular flexibility index (Phi) is 2.79. The molecule has 1 aromatic heterocycles. The first-order chi connectivity index (χ1) is 9.29. The third-order valence-corrected chi connectivity index (χ3v) is 4.59. The van der Waals surface area contributed by atoms with Crippen molar-refractivity contribution in [1.29, 1.82) is 0 Å². The molecule has 1 aliphatic rings. The largest absolute Gasteiger partial charge is 0.256 e. The first-order valence-corrected chi connectivity index (χ1v) is 7.38. The minimum Gasteiger partial charge on any atom is -0.256 e. The van der Waals surface area contributed by atoms with E-state index in [-0.39, 0.29) is 10.8 Å². The molecule has 1 heterocycles. The summed E-state index contributed by atoms with van der Waals surface area (Å²) >= 11 is 0. The molecule has 1 aliphatic carbocycles. The summed E-state index contributed by atoms with van der Waals surface area (Å²) in [6, 6.07) is 10.9. The molecule has 0 amide bonds. The summed E-state index contributed by atoms with van der Waals surface area (Å²) in [6.45, 7) is 11.5. The monoisotopic (exact) mass is 265 g/mol. The van der Waals surface area contributed by atoms with E-state index in [2.05, 4.69) is 71.1 Å². The Labute approximate surface area is 122 Å². The van der Waals surface area contributed by atoms with Gasteiger partial charge in [0.1, 0.15) is 0 Å². The van der Waals surface area contributed by atoms with Crippen LogP contribution in [0.2, 0.25) is 0 Å². The van der Waals surface area contributed by atoms with Gasteiger partial charge in [0.2, 0.25) is 0 Å². The van der Waals surface area contributed by atoms with Crippen molar-refractivity contribution in [2.75, 3.05) is 0 Å².